The summed E-state index contributed by atoms with van der Waals surface area (Å²) in [4.78, 5) is 29.3. The molecule has 0 aromatic carbocycles. The monoisotopic (exact) mass is 310 g/mol. The van der Waals surface area contributed by atoms with Gasteiger partial charge in [-0.05, 0) is 18.8 Å². The molecule has 1 aliphatic rings. The summed E-state index contributed by atoms with van der Waals surface area (Å²) in [7, 11) is 1.34. The van der Waals surface area contributed by atoms with Gasteiger partial charge in [0.25, 0.3) is 0 Å². The molecule has 1 aliphatic carbocycles. The van der Waals surface area contributed by atoms with Gasteiger partial charge in [0, 0.05) is 10.3 Å². The number of esters is 1. The van der Waals surface area contributed by atoms with Gasteiger partial charge in [-0.1, -0.05) is 33.6 Å². The molecule has 116 valence electrons. The van der Waals surface area contributed by atoms with Gasteiger partial charge in [-0.3, -0.25) is 4.79 Å². The summed E-state index contributed by atoms with van der Waals surface area (Å²) >= 11 is 1.35. The number of anilines is 1. The third-order valence-corrected chi connectivity index (χ3v) is 5.30. The maximum absolute atomic E-state index is 12.4. The fourth-order valence-electron chi connectivity index (χ4n) is 2.65. The predicted molar refractivity (Wildman–Crippen MR) is 82.7 cm³/mol. The van der Waals surface area contributed by atoms with E-state index in [0.717, 1.165) is 30.6 Å². The Bertz CT molecular complexity index is 545. The molecule has 1 saturated carbocycles. The predicted octanol–water partition coefficient (Wildman–Crippen LogP) is 3.57. The largest absolute Gasteiger partial charge is 0.464 e. The molecule has 1 amide bonds. The molecule has 1 N–H and O–H groups in total. The van der Waals surface area contributed by atoms with Crippen molar-refractivity contribution in [3.05, 3.63) is 10.6 Å². The van der Waals surface area contributed by atoms with Crippen LogP contribution < -0.4 is 5.32 Å². The van der Waals surface area contributed by atoms with Crippen LogP contribution in [-0.2, 0) is 9.53 Å². The summed E-state index contributed by atoms with van der Waals surface area (Å²) in [5, 5.41) is 3.36. The molecule has 0 atom stereocenters. The van der Waals surface area contributed by atoms with Crippen molar-refractivity contribution in [1.29, 1.82) is 0 Å². The number of carbonyl (C=O) groups excluding carboxylic acids is 2. The van der Waals surface area contributed by atoms with Crippen LogP contribution in [0.4, 0.5) is 5.13 Å². The Kier molecular flexibility index (Phi) is 4.66. The average molecular weight is 310 g/mol. The van der Waals surface area contributed by atoms with E-state index in [0.29, 0.717) is 10.8 Å². The molecule has 21 heavy (non-hydrogen) atoms. The van der Waals surface area contributed by atoms with Crippen LogP contribution in [0.2, 0.25) is 0 Å². The van der Waals surface area contributed by atoms with Crippen molar-refractivity contribution in [2.75, 3.05) is 12.4 Å². The van der Waals surface area contributed by atoms with Crippen molar-refractivity contribution in [1.82, 2.24) is 4.98 Å². The Hall–Kier alpha value is -1.43. The zero-order valence-electron chi connectivity index (χ0n) is 13.0. The fourth-order valence-corrected chi connectivity index (χ4v) is 3.60. The standard InChI is InChI=1S/C15H22N2O3S/c1-9(2)11-10(12(18)20-4)16-14(21-11)17-13(19)15(3)7-5-6-8-15/h9H,5-8H2,1-4H3,(H,16,17,19). The van der Waals surface area contributed by atoms with Crippen LogP contribution in [0.15, 0.2) is 0 Å². The normalized spacial score (nSPS) is 17.0. The minimum atomic E-state index is -0.456. The van der Waals surface area contributed by atoms with E-state index in [1.165, 1.54) is 18.4 Å². The van der Waals surface area contributed by atoms with Gasteiger partial charge >= 0.3 is 5.97 Å². The highest BCUT2D eigenvalue weighted by molar-refractivity contribution is 7.16. The first-order valence-electron chi connectivity index (χ1n) is 7.28. The van der Waals surface area contributed by atoms with E-state index in [2.05, 4.69) is 10.3 Å². The Labute approximate surface area is 129 Å². The molecule has 0 bridgehead atoms. The Balaban J connectivity index is 2.21. The van der Waals surface area contributed by atoms with Crippen molar-refractivity contribution >= 4 is 28.3 Å². The second kappa shape index (κ2) is 6.13. The van der Waals surface area contributed by atoms with Gasteiger partial charge < -0.3 is 10.1 Å². The van der Waals surface area contributed by atoms with Crippen LogP contribution in [-0.4, -0.2) is 24.0 Å². The summed E-state index contributed by atoms with van der Waals surface area (Å²) in [5.41, 5.74) is -0.000818. The van der Waals surface area contributed by atoms with Gasteiger partial charge in [0.2, 0.25) is 5.91 Å². The third-order valence-electron chi connectivity index (χ3n) is 4.03. The summed E-state index contributed by atoms with van der Waals surface area (Å²) in [6.07, 6.45) is 4.00. The number of thiazole rings is 1. The molecule has 0 spiro atoms. The van der Waals surface area contributed by atoms with E-state index in [1.54, 1.807) is 0 Å². The van der Waals surface area contributed by atoms with Gasteiger partial charge in [0.05, 0.1) is 7.11 Å². The quantitative estimate of drug-likeness (QED) is 0.863. The molecule has 1 aromatic heterocycles. The highest BCUT2D eigenvalue weighted by Crippen LogP contribution is 2.39. The first kappa shape index (κ1) is 15.9. The van der Waals surface area contributed by atoms with E-state index in [4.69, 9.17) is 4.74 Å². The molecule has 2 rings (SSSR count). The summed E-state index contributed by atoms with van der Waals surface area (Å²) in [6.45, 7) is 5.97. The molecule has 0 radical (unpaired) electrons. The maximum atomic E-state index is 12.4. The summed E-state index contributed by atoms with van der Waals surface area (Å²) in [5.74, 6) is -0.299. The number of rotatable bonds is 4. The minimum absolute atomic E-state index is 0.000437. The van der Waals surface area contributed by atoms with E-state index in [1.807, 2.05) is 20.8 Å². The van der Waals surface area contributed by atoms with Crippen LogP contribution in [0.25, 0.3) is 0 Å². The van der Waals surface area contributed by atoms with E-state index < -0.39 is 5.97 Å². The zero-order valence-corrected chi connectivity index (χ0v) is 13.8. The Morgan fingerprint density at radius 2 is 1.95 bits per heavy atom. The summed E-state index contributed by atoms with van der Waals surface area (Å²) < 4.78 is 4.76. The highest BCUT2D eigenvalue weighted by Gasteiger charge is 2.37. The van der Waals surface area contributed by atoms with Gasteiger partial charge in [-0.2, -0.15) is 0 Å². The van der Waals surface area contributed by atoms with Crippen molar-refractivity contribution < 1.29 is 14.3 Å². The van der Waals surface area contributed by atoms with Crippen LogP contribution in [0, 0.1) is 5.41 Å². The number of ether oxygens (including phenoxy) is 1. The molecule has 5 nitrogen and oxygen atoms in total. The Morgan fingerprint density at radius 3 is 2.48 bits per heavy atom. The molecular formula is C15H22N2O3S. The van der Waals surface area contributed by atoms with Gasteiger partial charge in [0.15, 0.2) is 10.8 Å². The molecule has 0 aliphatic heterocycles. The van der Waals surface area contributed by atoms with Gasteiger partial charge in [-0.25, -0.2) is 9.78 Å². The number of aromatic nitrogens is 1. The molecule has 0 unspecified atom stereocenters. The molecule has 0 saturated heterocycles. The zero-order chi connectivity index (χ0) is 15.6. The van der Waals surface area contributed by atoms with Crippen molar-refractivity contribution in [2.24, 2.45) is 5.41 Å². The number of amides is 1. The van der Waals surface area contributed by atoms with Crippen LogP contribution >= 0.6 is 11.3 Å². The van der Waals surface area contributed by atoms with Crippen molar-refractivity contribution in [3.8, 4) is 0 Å². The second-order valence-electron chi connectivity index (χ2n) is 6.10. The number of hydrogen-bond donors (Lipinski definition) is 1. The minimum Gasteiger partial charge on any atom is -0.464 e. The number of nitrogens with one attached hydrogen (secondary N) is 1. The number of nitrogens with zero attached hydrogens (tertiary/aromatic N) is 1. The Morgan fingerprint density at radius 1 is 1.33 bits per heavy atom. The lowest BCUT2D eigenvalue weighted by Crippen LogP contribution is -2.30. The molecular weight excluding hydrogens is 288 g/mol. The number of hydrogen-bond acceptors (Lipinski definition) is 5. The molecule has 1 aromatic rings. The van der Waals surface area contributed by atoms with Crippen molar-refractivity contribution in [2.45, 2.75) is 52.4 Å². The second-order valence-corrected chi connectivity index (χ2v) is 7.13. The fraction of sp³-hybridized carbons (Fsp3) is 0.667. The first-order chi connectivity index (χ1) is 9.87. The lowest BCUT2D eigenvalue weighted by atomic mass is 9.88. The van der Waals surface area contributed by atoms with E-state index in [9.17, 15) is 9.59 Å². The molecule has 6 heteroatoms. The average Bonchev–Trinajstić information content (AvgIpc) is 3.05. The smallest absolute Gasteiger partial charge is 0.357 e. The third kappa shape index (κ3) is 3.26. The maximum Gasteiger partial charge on any atom is 0.357 e. The topological polar surface area (TPSA) is 68.3 Å². The first-order valence-corrected chi connectivity index (χ1v) is 8.09. The number of methoxy groups -OCH3 is 1. The lowest BCUT2D eigenvalue weighted by molar-refractivity contribution is -0.124. The van der Waals surface area contributed by atoms with Crippen LogP contribution in [0.1, 0.15) is 67.7 Å². The summed E-state index contributed by atoms with van der Waals surface area (Å²) in [6, 6.07) is 0. The molecule has 1 fully saturated rings. The van der Waals surface area contributed by atoms with Crippen LogP contribution in [0.3, 0.4) is 0 Å². The molecule has 1 heterocycles. The van der Waals surface area contributed by atoms with Gasteiger partial charge in [-0.15, -0.1) is 11.3 Å². The van der Waals surface area contributed by atoms with Gasteiger partial charge in [0.1, 0.15) is 0 Å². The van der Waals surface area contributed by atoms with Crippen molar-refractivity contribution in [3.63, 3.8) is 0 Å². The SMILES string of the molecule is COC(=O)c1nc(NC(=O)C2(C)CCCC2)sc1C(C)C. The number of carbonyl (C=O) groups is 2. The highest BCUT2D eigenvalue weighted by atomic mass is 32.1. The lowest BCUT2D eigenvalue weighted by Gasteiger charge is -2.21. The van der Waals surface area contributed by atoms with E-state index in [-0.39, 0.29) is 17.2 Å². The van der Waals surface area contributed by atoms with Crippen LogP contribution in [0.5, 0.6) is 0 Å². The van der Waals surface area contributed by atoms with E-state index >= 15 is 0 Å².